The van der Waals surface area contributed by atoms with Crippen LogP contribution in [0.5, 0.6) is 5.75 Å². The molecule has 3 aliphatic rings. The second kappa shape index (κ2) is 7.91. The molecule has 2 aromatic rings. The fraction of sp³-hybridized carbons (Fsp3) is 0.591. The van der Waals surface area contributed by atoms with E-state index in [1.54, 1.807) is 24.3 Å². The van der Waals surface area contributed by atoms with Crippen molar-refractivity contribution in [2.24, 2.45) is 11.8 Å². The summed E-state index contributed by atoms with van der Waals surface area (Å²) in [5.74, 6) is 2.12. The summed E-state index contributed by atoms with van der Waals surface area (Å²) in [6.07, 6.45) is 4.05. The molecule has 0 spiro atoms. The number of carbonyl (C=O) groups excluding carboxylic acids is 1. The van der Waals surface area contributed by atoms with Gasteiger partial charge in [-0.1, -0.05) is 17.6 Å². The van der Waals surface area contributed by atoms with Crippen LogP contribution < -0.4 is 9.64 Å². The maximum Gasteiger partial charge on any atom is 0.337 e. The van der Waals surface area contributed by atoms with Crippen molar-refractivity contribution >= 4 is 12.0 Å². The number of ether oxygens (including phenoxy) is 2. The maximum absolute atomic E-state index is 11.8. The molecule has 2 saturated carbocycles. The van der Waals surface area contributed by atoms with Crippen LogP contribution in [0, 0.1) is 11.8 Å². The number of carbonyl (C=O) groups is 1. The Kier molecular flexibility index (Phi) is 5.10. The number of anilines is 1. The molecular formula is C22H27N3O5. The van der Waals surface area contributed by atoms with Gasteiger partial charge in [0.15, 0.2) is 0 Å². The minimum Gasteiger partial charge on any atom is -0.488 e. The molecule has 5 rings (SSSR count). The number of hydrogen-bond acceptors (Lipinski definition) is 8. The van der Waals surface area contributed by atoms with Crippen molar-refractivity contribution in [3.8, 4) is 5.75 Å². The van der Waals surface area contributed by atoms with E-state index in [-0.39, 0.29) is 6.10 Å². The standard InChI is InChI=1S/C22H27N3O5/c1-28-21(27)14-6-3-7-17(8-14)29-19-10-16-12-25(11-15(16)9-18(19)26)22-24-23-20(30-22)13-4-2-5-13/h3,6-8,13,15-16,18-19,26H,2,4-5,9-12H2,1H3/t15-,16+,18+,19+/m0/s1. The quantitative estimate of drug-likeness (QED) is 0.748. The van der Waals surface area contributed by atoms with Crippen molar-refractivity contribution < 1.29 is 23.8 Å². The third-order valence-corrected chi connectivity index (χ3v) is 6.78. The fourth-order valence-corrected chi connectivity index (χ4v) is 4.84. The highest BCUT2D eigenvalue weighted by molar-refractivity contribution is 5.89. The van der Waals surface area contributed by atoms with Gasteiger partial charge in [0.05, 0.1) is 18.8 Å². The number of aromatic nitrogens is 2. The molecule has 2 aliphatic carbocycles. The minimum atomic E-state index is -0.554. The molecule has 0 bridgehead atoms. The Bertz CT molecular complexity index is 912. The molecule has 1 aromatic heterocycles. The van der Waals surface area contributed by atoms with E-state index >= 15 is 0 Å². The van der Waals surface area contributed by atoms with Crippen molar-refractivity contribution in [1.29, 1.82) is 0 Å². The maximum atomic E-state index is 11.8. The molecule has 2 heterocycles. The number of rotatable bonds is 5. The van der Waals surface area contributed by atoms with Gasteiger partial charge in [-0.3, -0.25) is 0 Å². The highest BCUT2D eigenvalue weighted by atomic mass is 16.5. The van der Waals surface area contributed by atoms with Gasteiger partial charge < -0.3 is 23.9 Å². The highest BCUT2D eigenvalue weighted by Crippen LogP contribution is 2.41. The first kappa shape index (κ1) is 19.4. The van der Waals surface area contributed by atoms with Crippen LogP contribution in [0.4, 0.5) is 6.01 Å². The van der Waals surface area contributed by atoms with E-state index in [0.717, 1.165) is 38.2 Å². The lowest BCUT2D eigenvalue weighted by Crippen LogP contribution is -2.42. The first-order chi connectivity index (χ1) is 14.6. The zero-order valence-corrected chi connectivity index (χ0v) is 17.1. The first-order valence-corrected chi connectivity index (χ1v) is 10.7. The van der Waals surface area contributed by atoms with Gasteiger partial charge in [-0.05, 0) is 55.7 Å². The summed E-state index contributed by atoms with van der Waals surface area (Å²) in [6, 6.07) is 7.50. The number of esters is 1. The Morgan fingerprint density at radius 2 is 2.00 bits per heavy atom. The van der Waals surface area contributed by atoms with E-state index in [2.05, 4.69) is 15.1 Å². The third-order valence-electron chi connectivity index (χ3n) is 6.78. The molecule has 160 valence electrons. The number of aliphatic hydroxyl groups is 1. The van der Waals surface area contributed by atoms with Crippen molar-refractivity contribution in [2.75, 3.05) is 25.1 Å². The molecule has 1 aromatic carbocycles. The van der Waals surface area contributed by atoms with Crippen LogP contribution in [0.2, 0.25) is 0 Å². The van der Waals surface area contributed by atoms with Crippen molar-refractivity contribution in [3.05, 3.63) is 35.7 Å². The van der Waals surface area contributed by atoms with Crippen LogP contribution in [-0.4, -0.2) is 53.7 Å². The summed E-state index contributed by atoms with van der Waals surface area (Å²) in [6.45, 7) is 1.64. The van der Waals surface area contributed by atoms with Crippen LogP contribution in [0.3, 0.4) is 0 Å². The normalized spacial score (nSPS) is 28.7. The number of fused-ring (bicyclic) bond motifs is 1. The highest BCUT2D eigenvalue weighted by Gasteiger charge is 2.44. The predicted molar refractivity (Wildman–Crippen MR) is 108 cm³/mol. The van der Waals surface area contributed by atoms with Gasteiger partial charge in [0.1, 0.15) is 11.9 Å². The third kappa shape index (κ3) is 3.64. The van der Waals surface area contributed by atoms with Gasteiger partial charge >= 0.3 is 12.0 Å². The Hall–Kier alpha value is -2.61. The van der Waals surface area contributed by atoms with Gasteiger partial charge in [0.25, 0.3) is 0 Å². The zero-order valence-electron chi connectivity index (χ0n) is 17.1. The number of nitrogens with zero attached hydrogens (tertiary/aromatic N) is 3. The Morgan fingerprint density at radius 3 is 2.73 bits per heavy atom. The number of hydrogen-bond donors (Lipinski definition) is 1. The van der Waals surface area contributed by atoms with Gasteiger partial charge in [0, 0.05) is 19.0 Å². The summed E-state index contributed by atoms with van der Waals surface area (Å²) in [5, 5.41) is 19.2. The van der Waals surface area contributed by atoms with Gasteiger partial charge in [-0.15, -0.1) is 5.10 Å². The molecule has 8 heteroatoms. The molecular weight excluding hydrogens is 386 g/mol. The molecule has 4 atom stereocenters. The fourth-order valence-electron chi connectivity index (χ4n) is 4.84. The summed E-state index contributed by atoms with van der Waals surface area (Å²) >= 11 is 0. The van der Waals surface area contributed by atoms with E-state index in [0.29, 0.717) is 41.5 Å². The topological polar surface area (TPSA) is 97.9 Å². The lowest BCUT2D eigenvalue weighted by molar-refractivity contribution is -0.0231. The molecule has 1 saturated heterocycles. The average molecular weight is 413 g/mol. The molecule has 1 aliphatic heterocycles. The molecule has 8 nitrogen and oxygen atoms in total. The van der Waals surface area contributed by atoms with Crippen LogP contribution >= 0.6 is 0 Å². The smallest absolute Gasteiger partial charge is 0.337 e. The van der Waals surface area contributed by atoms with Crippen molar-refractivity contribution in [3.63, 3.8) is 0 Å². The monoisotopic (exact) mass is 413 g/mol. The summed E-state index contributed by atoms with van der Waals surface area (Å²) in [5.41, 5.74) is 0.434. The second-order valence-corrected chi connectivity index (χ2v) is 8.69. The van der Waals surface area contributed by atoms with Gasteiger partial charge in [-0.25, -0.2) is 4.79 Å². The first-order valence-electron chi connectivity index (χ1n) is 10.7. The zero-order chi connectivity index (χ0) is 20.7. The Labute approximate surface area is 175 Å². The summed E-state index contributed by atoms with van der Waals surface area (Å²) < 4.78 is 16.8. The average Bonchev–Trinajstić information content (AvgIpc) is 3.33. The van der Waals surface area contributed by atoms with E-state index in [4.69, 9.17) is 13.9 Å². The molecule has 0 unspecified atom stereocenters. The molecule has 1 N–H and O–H groups in total. The van der Waals surface area contributed by atoms with Crippen LogP contribution in [-0.2, 0) is 4.74 Å². The molecule has 0 radical (unpaired) electrons. The van der Waals surface area contributed by atoms with E-state index in [1.165, 1.54) is 13.5 Å². The molecule has 0 amide bonds. The summed E-state index contributed by atoms with van der Waals surface area (Å²) in [7, 11) is 1.35. The minimum absolute atomic E-state index is 0.313. The Balaban J connectivity index is 1.24. The lowest BCUT2D eigenvalue weighted by atomic mass is 9.78. The number of methoxy groups -OCH3 is 1. The van der Waals surface area contributed by atoms with Crippen molar-refractivity contribution in [2.45, 2.75) is 50.2 Å². The number of benzene rings is 1. The van der Waals surface area contributed by atoms with Gasteiger partial charge in [-0.2, -0.15) is 0 Å². The van der Waals surface area contributed by atoms with E-state index < -0.39 is 12.1 Å². The van der Waals surface area contributed by atoms with Crippen LogP contribution in [0.1, 0.15) is 54.3 Å². The Morgan fingerprint density at radius 1 is 1.20 bits per heavy atom. The largest absolute Gasteiger partial charge is 0.488 e. The molecule has 3 fully saturated rings. The predicted octanol–water partition coefficient (Wildman–Crippen LogP) is 2.78. The number of aliphatic hydroxyl groups excluding tert-OH is 1. The van der Waals surface area contributed by atoms with Crippen LogP contribution in [0.25, 0.3) is 0 Å². The van der Waals surface area contributed by atoms with Gasteiger partial charge in [0.2, 0.25) is 5.89 Å². The van der Waals surface area contributed by atoms with E-state index in [1.807, 2.05) is 0 Å². The van der Waals surface area contributed by atoms with Crippen LogP contribution in [0.15, 0.2) is 28.7 Å². The molecule has 30 heavy (non-hydrogen) atoms. The lowest BCUT2D eigenvalue weighted by Gasteiger charge is -2.35. The van der Waals surface area contributed by atoms with E-state index in [9.17, 15) is 9.90 Å². The summed E-state index contributed by atoms with van der Waals surface area (Å²) in [4.78, 5) is 13.9. The SMILES string of the molecule is COC(=O)c1cccc(O[C@@H]2C[C@@H]3CN(c4nnc(C5CCC5)o4)C[C@@H]3C[C@H]2O)c1. The second-order valence-electron chi connectivity index (χ2n) is 8.69. The van der Waals surface area contributed by atoms with Crippen molar-refractivity contribution in [1.82, 2.24) is 10.2 Å².